The van der Waals surface area contributed by atoms with Crippen LogP contribution in [0.4, 0.5) is 0 Å². The van der Waals surface area contributed by atoms with Gasteiger partial charge in [-0.25, -0.2) is 0 Å². The van der Waals surface area contributed by atoms with Gasteiger partial charge in [-0.2, -0.15) is 11.8 Å². The van der Waals surface area contributed by atoms with Gasteiger partial charge in [0.1, 0.15) is 0 Å². The van der Waals surface area contributed by atoms with Crippen molar-refractivity contribution >= 4 is 23.6 Å². The summed E-state index contributed by atoms with van der Waals surface area (Å²) >= 11 is 1.80. The van der Waals surface area contributed by atoms with Crippen molar-refractivity contribution in [3.63, 3.8) is 0 Å². The second kappa shape index (κ2) is 7.45. The predicted molar refractivity (Wildman–Crippen MR) is 80.1 cm³/mol. The lowest BCUT2D eigenvalue weighted by Gasteiger charge is -2.13. The molecule has 2 rings (SSSR count). The van der Waals surface area contributed by atoms with E-state index in [0.717, 1.165) is 30.8 Å². The second-order valence-corrected chi connectivity index (χ2v) is 5.93. The molecule has 1 aromatic carbocycles. The zero-order valence-corrected chi connectivity index (χ0v) is 12.2. The van der Waals surface area contributed by atoms with E-state index in [-0.39, 0.29) is 18.4 Å². The fraction of sp³-hybridized carbons (Fsp3) is 0.467. The van der Waals surface area contributed by atoms with Crippen LogP contribution in [-0.2, 0) is 0 Å². The maximum absolute atomic E-state index is 12.1. The Morgan fingerprint density at radius 2 is 1.55 bits per heavy atom. The highest BCUT2D eigenvalue weighted by Gasteiger charge is 2.34. The van der Waals surface area contributed by atoms with Gasteiger partial charge in [0, 0.05) is 13.2 Å². The molecule has 1 aromatic rings. The van der Waals surface area contributed by atoms with Gasteiger partial charge in [-0.05, 0) is 42.9 Å². The van der Waals surface area contributed by atoms with Gasteiger partial charge in [0.25, 0.3) is 11.8 Å². The Morgan fingerprint density at radius 3 is 2.15 bits per heavy atom. The Hall–Kier alpha value is -1.33. The first kappa shape index (κ1) is 15.1. The van der Waals surface area contributed by atoms with Crippen molar-refractivity contribution in [2.45, 2.75) is 19.3 Å². The topological polar surface area (TPSA) is 57.6 Å². The minimum Gasteiger partial charge on any atom is -0.396 e. The number of unbranched alkanes of at least 4 members (excludes halogenated alkanes) is 1. The number of hydrogen-bond donors (Lipinski definition) is 1. The average molecular weight is 293 g/mol. The number of aliphatic hydroxyl groups excluding tert-OH is 1. The third kappa shape index (κ3) is 3.41. The standard InChI is InChI=1S/C15H19NO3S/c17-9-5-11-20-10-4-3-8-16-14(18)12-6-1-2-7-13(12)15(16)19/h1-2,6-7,17H,3-5,8-11H2. The van der Waals surface area contributed by atoms with Crippen LogP contribution in [0.3, 0.4) is 0 Å². The molecule has 0 aliphatic carbocycles. The maximum atomic E-state index is 12.1. The first-order valence-corrected chi connectivity index (χ1v) is 8.05. The quantitative estimate of drug-likeness (QED) is 0.589. The largest absolute Gasteiger partial charge is 0.396 e. The van der Waals surface area contributed by atoms with E-state index in [1.165, 1.54) is 4.90 Å². The van der Waals surface area contributed by atoms with Crippen molar-refractivity contribution in [3.8, 4) is 0 Å². The van der Waals surface area contributed by atoms with Crippen molar-refractivity contribution in [2.24, 2.45) is 0 Å². The van der Waals surface area contributed by atoms with E-state index < -0.39 is 0 Å². The fourth-order valence-corrected chi connectivity index (χ4v) is 3.13. The molecule has 0 fully saturated rings. The number of rotatable bonds is 8. The van der Waals surface area contributed by atoms with E-state index in [1.807, 2.05) is 0 Å². The van der Waals surface area contributed by atoms with Crippen LogP contribution < -0.4 is 0 Å². The summed E-state index contributed by atoms with van der Waals surface area (Å²) in [5.41, 5.74) is 1.05. The molecule has 0 unspecified atom stereocenters. The first-order chi connectivity index (χ1) is 9.75. The molecule has 1 aliphatic heterocycles. The molecule has 0 aromatic heterocycles. The van der Waals surface area contributed by atoms with Gasteiger partial charge >= 0.3 is 0 Å². The predicted octanol–water partition coefficient (Wildman–Crippen LogP) is 2.18. The molecule has 0 atom stereocenters. The summed E-state index contributed by atoms with van der Waals surface area (Å²) in [6, 6.07) is 6.98. The number of hydrogen-bond acceptors (Lipinski definition) is 4. The molecule has 0 radical (unpaired) electrons. The van der Waals surface area contributed by atoms with Crippen LogP contribution in [0, 0.1) is 0 Å². The Bertz CT molecular complexity index is 455. The summed E-state index contributed by atoms with van der Waals surface area (Å²) in [4.78, 5) is 25.5. The van der Waals surface area contributed by atoms with Crippen molar-refractivity contribution in [1.29, 1.82) is 0 Å². The van der Waals surface area contributed by atoms with Gasteiger partial charge in [-0.1, -0.05) is 12.1 Å². The number of fused-ring (bicyclic) bond motifs is 1. The van der Waals surface area contributed by atoms with Crippen LogP contribution in [0.5, 0.6) is 0 Å². The average Bonchev–Trinajstić information content (AvgIpc) is 2.71. The molecule has 108 valence electrons. The Balaban J connectivity index is 1.75. The van der Waals surface area contributed by atoms with Crippen molar-refractivity contribution in [1.82, 2.24) is 4.90 Å². The van der Waals surface area contributed by atoms with E-state index >= 15 is 0 Å². The number of nitrogens with zero attached hydrogens (tertiary/aromatic N) is 1. The van der Waals surface area contributed by atoms with Gasteiger partial charge in [0.2, 0.25) is 0 Å². The number of benzene rings is 1. The lowest BCUT2D eigenvalue weighted by Crippen LogP contribution is -2.30. The maximum Gasteiger partial charge on any atom is 0.261 e. The first-order valence-electron chi connectivity index (χ1n) is 6.89. The minimum absolute atomic E-state index is 0.168. The molecule has 1 heterocycles. The third-order valence-corrected chi connectivity index (χ3v) is 4.40. The summed E-state index contributed by atoms with van der Waals surface area (Å²) < 4.78 is 0. The molecule has 0 bridgehead atoms. The van der Waals surface area contributed by atoms with E-state index in [1.54, 1.807) is 36.0 Å². The third-order valence-electron chi connectivity index (χ3n) is 3.25. The summed E-state index contributed by atoms with van der Waals surface area (Å²) in [5, 5.41) is 8.66. The highest BCUT2D eigenvalue weighted by Crippen LogP contribution is 2.22. The van der Waals surface area contributed by atoms with Crippen LogP contribution >= 0.6 is 11.8 Å². The Morgan fingerprint density at radius 1 is 0.950 bits per heavy atom. The van der Waals surface area contributed by atoms with E-state index in [0.29, 0.717) is 17.7 Å². The Labute approximate surface area is 123 Å². The Kier molecular flexibility index (Phi) is 5.61. The number of thioether (sulfide) groups is 1. The number of carbonyl (C=O) groups excluding carboxylic acids is 2. The summed E-state index contributed by atoms with van der Waals surface area (Å²) in [7, 11) is 0. The normalized spacial score (nSPS) is 13.9. The number of amides is 2. The zero-order chi connectivity index (χ0) is 14.4. The summed E-state index contributed by atoms with van der Waals surface area (Å²) in [6.07, 6.45) is 2.63. The summed E-state index contributed by atoms with van der Waals surface area (Å²) in [5.74, 6) is 1.63. The number of carbonyl (C=O) groups is 2. The zero-order valence-electron chi connectivity index (χ0n) is 11.4. The lowest BCUT2D eigenvalue weighted by atomic mass is 10.1. The highest BCUT2D eigenvalue weighted by molar-refractivity contribution is 7.99. The summed E-state index contributed by atoms with van der Waals surface area (Å²) in [6.45, 7) is 0.731. The van der Waals surface area contributed by atoms with Crippen LogP contribution in [0.2, 0.25) is 0 Å². The molecule has 2 amide bonds. The van der Waals surface area contributed by atoms with E-state index in [4.69, 9.17) is 5.11 Å². The number of aliphatic hydroxyl groups is 1. The van der Waals surface area contributed by atoms with Crippen LogP contribution in [-0.4, -0.2) is 46.5 Å². The van der Waals surface area contributed by atoms with E-state index in [9.17, 15) is 9.59 Å². The minimum atomic E-state index is -0.168. The second-order valence-electron chi connectivity index (χ2n) is 4.70. The van der Waals surface area contributed by atoms with E-state index in [2.05, 4.69) is 0 Å². The molecule has 0 spiro atoms. The van der Waals surface area contributed by atoms with Gasteiger partial charge in [-0.3, -0.25) is 14.5 Å². The monoisotopic (exact) mass is 293 g/mol. The molecule has 20 heavy (non-hydrogen) atoms. The van der Waals surface area contributed by atoms with Crippen LogP contribution in [0.1, 0.15) is 40.0 Å². The molecule has 1 N–H and O–H groups in total. The molecule has 5 heteroatoms. The fourth-order valence-electron chi connectivity index (χ4n) is 2.18. The lowest BCUT2D eigenvalue weighted by molar-refractivity contribution is 0.0652. The van der Waals surface area contributed by atoms with Crippen LogP contribution in [0.25, 0.3) is 0 Å². The molecule has 4 nitrogen and oxygen atoms in total. The van der Waals surface area contributed by atoms with Gasteiger partial charge in [0.15, 0.2) is 0 Å². The molecule has 0 saturated heterocycles. The molecule has 1 aliphatic rings. The van der Waals surface area contributed by atoms with Gasteiger partial charge < -0.3 is 5.11 Å². The van der Waals surface area contributed by atoms with Crippen LogP contribution in [0.15, 0.2) is 24.3 Å². The highest BCUT2D eigenvalue weighted by atomic mass is 32.2. The SMILES string of the molecule is O=C1c2ccccc2C(=O)N1CCCCSCCCO. The molecule has 0 saturated carbocycles. The van der Waals surface area contributed by atoms with Gasteiger partial charge in [-0.15, -0.1) is 0 Å². The molecular weight excluding hydrogens is 274 g/mol. The number of imide groups is 1. The smallest absolute Gasteiger partial charge is 0.261 e. The van der Waals surface area contributed by atoms with Crippen molar-refractivity contribution < 1.29 is 14.7 Å². The van der Waals surface area contributed by atoms with Crippen molar-refractivity contribution in [3.05, 3.63) is 35.4 Å². The van der Waals surface area contributed by atoms with Gasteiger partial charge in [0.05, 0.1) is 11.1 Å². The van der Waals surface area contributed by atoms with Crippen molar-refractivity contribution in [2.75, 3.05) is 24.7 Å². The molecular formula is C15H19NO3S.